The number of hydrogen-bond acceptors (Lipinski definition) is 2. The van der Waals surface area contributed by atoms with Gasteiger partial charge in [-0.05, 0) is 61.4 Å². The van der Waals surface area contributed by atoms with Gasteiger partial charge in [0, 0.05) is 13.1 Å². The van der Waals surface area contributed by atoms with Gasteiger partial charge in [0.2, 0.25) is 10.0 Å². The molecule has 0 N–H and O–H groups in total. The van der Waals surface area contributed by atoms with Crippen molar-refractivity contribution in [3.05, 3.63) is 64.7 Å². The van der Waals surface area contributed by atoms with Gasteiger partial charge in [0.05, 0.1) is 10.6 Å². The number of alkyl halides is 3. The van der Waals surface area contributed by atoms with Crippen LogP contribution in [0, 0.1) is 5.92 Å². The van der Waals surface area contributed by atoms with Crippen molar-refractivity contribution in [1.29, 1.82) is 0 Å². The highest BCUT2D eigenvalue weighted by Gasteiger charge is 2.31. The maximum atomic E-state index is 12.8. The summed E-state index contributed by atoms with van der Waals surface area (Å²) >= 11 is 6.04. The standard InChI is InChI=1S/C20H21ClF3NO2S/c21-18-3-1-2-4-19(18)28(26,27)25-13-11-16(12-14-25)6-5-15-7-9-17(10-8-15)20(22,23)24/h1-4,7-10,16H,5-6,11-14H2. The lowest BCUT2D eigenvalue weighted by atomic mass is 9.91. The van der Waals surface area contributed by atoms with Gasteiger partial charge >= 0.3 is 6.18 Å². The van der Waals surface area contributed by atoms with Crippen molar-refractivity contribution in [1.82, 2.24) is 4.31 Å². The summed E-state index contributed by atoms with van der Waals surface area (Å²) in [5, 5.41) is 0.215. The first kappa shape index (κ1) is 21.1. The molecule has 2 aromatic rings. The fourth-order valence-electron chi connectivity index (χ4n) is 3.46. The lowest BCUT2D eigenvalue weighted by Gasteiger charge is -2.31. The first-order valence-electron chi connectivity index (χ1n) is 9.09. The molecule has 0 radical (unpaired) electrons. The molecule has 1 saturated heterocycles. The second-order valence-corrected chi connectivity index (χ2v) is 9.32. The first-order chi connectivity index (χ1) is 13.2. The van der Waals surface area contributed by atoms with Crippen LogP contribution in [0.1, 0.15) is 30.4 Å². The van der Waals surface area contributed by atoms with Crippen molar-refractivity contribution in [2.75, 3.05) is 13.1 Å². The Kier molecular flexibility index (Phi) is 6.37. The molecule has 1 aliphatic rings. The van der Waals surface area contributed by atoms with Gasteiger partial charge in [-0.3, -0.25) is 0 Å². The van der Waals surface area contributed by atoms with E-state index in [1.165, 1.54) is 22.5 Å². The molecule has 28 heavy (non-hydrogen) atoms. The fourth-order valence-corrected chi connectivity index (χ4v) is 5.43. The topological polar surface area (TPSA) is 37.4 Å². The average Bonchev–Trinajstić information content (AvgIpc) is 2.66. The third kappa shape index (κ3) is 4.88. The molecule has 3 rings (SSSR count). The Morgan fingerprint density at radius 3 is 2.18 bits per heavy atom. The largest absolute Gasteiger partial charge is 0.416 e. The number of aryl methyl sites for hydroxylation is 1. The Morgan fingerprint density at radius 2 is 1.61 bits per heavy atom. The van der Waals surface area contributed by atoms with Crippen molar-refractivity contribution < 1.29 is 21.6 Å². The van der Waals surface area contributed by atoms with Crippen LogP contribution in [0.4, 0.5) is 13.2 Å². The van der Waals surface area contributed by atoms with Crippen LogP contribution in [-0.2, 0) is 22.6 Å². The Balaban J connectivity index is 1.54. The zero-order valence-electron chi connectivity index (χ0n) is 15.1. The summed E-state index contributed by atoms with van der Waals surface area (Å²) in [6.45, 7) is 0.844. The van der Waals surface area contributed by atoms with E-state index in [1.807, 2.05) is 0 Å². The van der Waals surface area contributed by atoms with Gasteiger partial charge in [-0.15, -0.1) is 0 Å². The lowest BCUT2D eigenvalue weighted by molar-refractivity contribution is -0.137. The Morgan fingerprint density at radius 1 is 1.00 bits per heavy atom. The quantitative estimate of drug-likeness (QED) is 0.636. The molecular weight excluding hydrogens is 411 g/mol. The molecule has 1 fully saturated rings. The minimum atomic E-state index is -4.32. The minimum absolute atomic E-state index is 0.125. The van der Waals surface area contributed by atoms with Crippen LogP contribution >= 0.6 is 11.6 Å². The predicted molar refractivity (Wildman–Crippen MR) is 103 cm³/mol. The SMILES string of the molecule is O=S(=O)(c1ccccc1Cl)N1CCC(CCc2ccc(C(F)(F)F)cc2)CC1. The van der Waals surface area contributed by atoms with E-state index in [0.29, 0.717) is 25.4 Å². The predicted octanol–water partition coefficient (Wildman–Crippen LogP) is 5.39. The van der Waals surface area contributed by atoms with Crippen LogP contribution in [0.5, 0.6) is 0 Å². The molecular formula is C20H21ClF3NO2S. The third-order valence-electron chi connectivity index (χ3n) is 5.15. The number of hydrogen-bond donors (Lipinski definition) is 0. The van der Waals surface area contributed by atoms with Crippen molar-refractivity contribution in [2.24, 2.45) is 5.92 Å². The molecule has 0 bridgehead atoms. The van der Waals surface area contributed by atoms with Gasteiger partial charge in [-0.1, -0.05) is 35.9 Å². The molecule has 0 unspecified atom stereocenters. The zero-order chi connectivity index (χ0) is 20.4. The molecule has 8 heteroatoms. The number of piperidine rings is 1. The Labute approximate surface area is 168 Å². The second-order valence-electron chi connectivity index (χ2n) is 7.01. The molecule has 3 nitrogen and oxygen atoms in total. The number of benzene rings is 2. The normalized spacial score (nSPS) is 17.0. The smallest absolute Gasteiger partial charge is 0.207 e. The van der Waals surface area contributed by atoms with Gasteiger partial charge in [0.1, 0.15) is 4.90 Å². The Hall–Kier alpha value is -1.57. The van der Waals surface area contributed by atoms with E-state index in [4.69, 9.17) is 11.6 Å². The van der Waals surface area contributed by atoms with E-state index in [9.17, 15) is 21.6 Å². The summed E-state index contributed by atoms with van der Waals surface area (Å²) in [5.41, 5.74) is 0.216. The summed E-state index contributed by atoms with van der Waals surface area (Å²) in [7, 11) is -3.61. The van der Waals surface area contributed by atoms with Gasteiger partial charge in [-0.2, -0.15) is 17.5 Å². The highest BCUT2D eigenvalue weighted by molar-refractivity contribution is 7.89. The molecule has 0 spiro atoms. The molecule has 0 saturated carbocycles. The molecule has 0 aliphatic carbocycles. The van der Waals surface area contributed by atoms with Crippen LogP contribution in [0.2, 0.25) is 5.02 Å². The first-order valence-corrected chi connectivity index (χ1v) is 10.9. The molecule has 152 valence electrons. The number of halogens is 4. The van der Waals surface area contributed by atoms with E-state index in [-0.39, 0.29) is 9.92 Å². The average molecular weight is 432 g/mol. The fraction of sp³-hybridized carbons (Fsp3) is 0.400. The van der Waals surface area contributed by atoms with E-state index in [2.05, 4.69) is 0 Å². The van der Waals surface area contributed by atoms with Crippen LogP contribution < -0.4 is 0 Å². The maximum Gasteiger partial charge on any atom is 0.416 e. The number of sulfonamides is 1. The Bertz CT molecular complexity index is 906. The number of nitrogens with zero attached hydrogens (tertiary/aromatic N) is 1. The zero-order valence-corrected chi connectivity index (χ0v) is 16.7. The van der Waals surface area contributed by atoms with E-state index in [1.54, 1.807) is 18.2 Å². The van der Waals surface area contributed by atoms with Gasteiger partial charge in [-0.25, -0.2) is 8.42 Å². The molecule has 1 aliphatic heterocycles. The van der Waals surface area contributed by atoms with E-state index >= 15 is 0 Å². The van der Waals surface area contributed by atoms with Crippen molar-refractivity contribution in [3.63, 3.8) is 0 Å². The van der Waals surface area contributed by atoms with Crippen molar-refractivity contribution in [3.8, 4) is 0 Å². The van der Waals surface area contributed by atoms with Crippen LogP contribution in [0.3, 0.4) is 0 Å². The second kappa shape index (κ2) is 8.43. The monoisotopic (exact) mass is 431 g/mol. The summed E-state index contributed by atoms with van der Waals surface area (Å²) in [6, 6.07) is 11.6. The van der Waals surface area contributed by atoms with E-state index in [0.717, 1.165) is 37.0 Å². The minimum Gasteiger partial charge on any atom is -0.207 e. The van der Waals surface area contributed by atoms with Gasteiger partial charge in [0.15, 0.2) is 0 Å². The summed E-state index contributed by atoms with van der Waals surface area (Å²) in [4.78, 5) is 0.125. The van der Waals surface area contributed by atoms with Crippen molar-refractivity contribution >= 4 is 21.6 Å². The molecule has 0 aromatic heterocycles. The number of rotatable bonds is 5. The third-order valence-corrected chi connectivity index (χ3v) is 7.55. The summed E-state index contributed by atoms with van der Waals surface area (Å²) < 4.78 is 64.8. The van der Waals surface area contributed by atoms with Gasteiger partial charge in [0.25, 0.3) is 0 Å². The molecule has 0 atom stereocenters. The van der Waals surface area contributed by atoms with E-state index < -0.39 is 21.8 Å². The summed E-state index contributed by atoms with van der Waals surface area (Å²) in [5.74, 6) is 0.347. The van der Waals surface area contributed by atoms with Crippen LogP contribution in [-0.4, -0.2) is 25.8 Å². The molecule has 0 amide bonds. The highest BCUT2D eigenvalue weighted by Crippen LogP contribution is 2.31. The van der Waals surface area contributed by atoms with Crippen LogP contribution in [0.15, 0.2) is 53.4 Å². The van der Waals surface area contributed by atoms with Crippen molar-refractivity contribution in [2.45, 2.75) is 36.8 Å². The molecule has 2 aromatic carbocycles. The highest BCUT2D eigenvalue weighted by atomic mass is 35.5. The van der Waals surface area contributed by atoms with Crippen LogP contribution in [0.25, 0.3) is 0 Å². The lowest BCUT2D eigenvalue weighted by Crippen LogP contribution is -2.38. The summed E-state index contributed by atoms with van der Waals surface area (Å²) in [6.07, 6.45) is -1.36. The maximum absolute atomic E-state index is 12.8. The van der Waals surface area contributed by atoms with Gasteiger partial charge < -0.3 is 0 Å². The molecule has 1 heterocycles.